The normalized spacial score (nSPS) is 11.8. The molecule has 0 radical (unpaired) electrons. The van der Waals surface area contributed by atoms with E-state index in [9.17, 15) is 0 Å². The molecule has 1 rings (SSSR count). The summed E-state index contributed by atoms with van der Waals surface area (Å²) in [5, 5.41) is 11.9. The molecule has 0 aliphatic carbocycles. The number of hydrogen-bond donors (Lipinski definition) is 1. The van der Waals surface area contributed by atoms with E-state index in [2.05, 4.69) is 37.4 Å². The van der Waals surface area contributed by atoms with Crippen LogP contribution in [0.5, 0.6) is 5.75 Å². The van der Waals surface area contributed by atoms with Crippen molar-refractivity contribution in [1.82, 2.24) is 5.32 Å². The average molecular weight is 260 g/mol. The van der Waals surface area contributed by atoms with E-state index in [1.165, 1.54) is 12.0 Å². The molecule has 3 nitrogen and oxygen atoms in total. The molecule has 0 heterocycles. The summed E-state index contributed by atoms with van der Waals surface area (Å²) in [5.41, 5.74) is 1.32. The summed E-state index contributed by atoms with van der Waals surface area (Å²) in [4.78, 5) is 0. The van der Waals surface area contributed by atoms with Gasteiger partial charge in [0.1, 0.15) is 5.75 Å². The maximum atomic E-state index is 8.43. The molecular weight excluding hydrogens is 236 g/mol. The lowest BCUT2D eigenvalue weighted by Crippen LogP contribution is -2.28. The summed E-state index contributed by atoms with van der Waals surface area (Å²) in [6.45, 7) is 6.07. The highest BCUT2D eigenvalue weighted by atomic mass is 16.5. The molecule has 104 valence electrons. The van der Waals surface area contributed by atoms with E-state index in [1.807, 2.05) is 12.1 Å². The number of nitrogens with zero attached hydrogens (tertiary/aromatic N) is 1. The first-order valence-electron chi connectivity index (χ1n) is 7.08. The summed E-state index contributed by atoms with van der Waals surface area (Å²) in [7, 11) is 0. The summed E-state index contributed by atoms with van der Waals surface area (Å²) in [6, 6.07) is 10.9. The van der Waals surface area contributed by atoms with Crippen molar-refractivity contribution >= 4 is 0 Å². The standard InChI is InChI=1S/C16H24N2O/c1-3-11-18-14(2)13-15-6-8-16(9-7-15)19-12-5-4-10-17/h6-9,14,18H,3-5,11-13H2,1-2H3. The van der Waals surface area contributed by atoms with Gasteiger partial charge >= 0.3 is 0 Å². The van der Waals surface area contributed by atoms with Crippen LogP contribution in [0.4, 0.5) is 0 Å². The Morgan fingerprint density at radius 3 is 2.68 bits per heavy atom. The molecule has 1 N–H and O–H groups in total. The van der Waals surface area contributed by atoms with Gasteiger partial charge in [-0.25, -0.2) is 0 Å². The summed E-state index contributed by atoms with van der Waals surface area (Å²) in [6.07, 6.45) is 3.55. The highest BCUT2D eigenvalue weighted by molar-refractivity contribution is 5.27. The predicted molar refractivity (Wildman–Crippen MR) is 78.2 cm³/mol. The lowest BCUT2D eigenvalue weighted by Gasteiger charge is -2.13. The van der Waals surface area contributed by atoms with Crippen molar-refractivity contribution in [3.63, 3.8) is 0 Å². The molecule has 3 heteroatoms. The Balaban J connectivity index is 2.32. The molecule has 1 atom stereocenters. The first kappa shape index (κ1) is 15.5. The van der Waals surface area contributed by atoms with Gasteiger partial charge in [-0.15, -0.1) is 0 Å². The minimum absolute atomic E-state index is 0.502. The Labute approximate surface area is 116 Å². The maximum absolute atomic E-state index is 8.43. The summed E-state index contributed by atoms with van der Waals surface area (Å²) < 4.78 is 5.57. The number of unbranched alkanes of at least 4 members (excludes halogenated alkanes) is 1. The molecule has 1 aromatic carbocycles. The van der Waals surface area contributed by atoms with E-state index < -0.39 is 0 Å². The molecule has 19 heavy (non-hydrogen) atoms. The number of benzene rings is 1. The number of nitrogens with one attached hydrogen (secondary N) is 1. The van der Waals surface area contributed by atoms with Gasteiger partial charge in [-0.2, -0.15) is 5.26 Å². The van der Waals surface area contributed by atoms with Gasteiger partial charge in [0.05, 0.1) is 12.7 Å². The van der Waals surface area contributed by atoms with Crippen LogP contribution in [0.2, 0.25) is 0 Å². The fraction of sp³-hybridized carbons (Fsp3) is 0.562. The Morgan fingerprint density at radius 1 is 1.32 bits per heavy atom. The van der Waals surface area contributed by atoms with Crippen LogP contribution in [0.15, 0.2) is 24.3 Å². The molecule has 0 aliphatic rings. The largest absolute Gasteiger partial charge is 0.494 e. The van der Waals surface area contributed by atoms with Crippen LogP contribution in [0, 0.1) is 11.3 Å². The maximum Gasteiger partial charge on any atom is 0.119 e. The molecule has 1 aromatic rings. The van der Waals surface area contributed by atoms with Crippen molar-refractivity contribution in [1.29, 1.82) is 5.26 Å². The van der Waals surface area contributed by atoms with Crippen LogP contribution in [-0.2, 0) is 6.42 Å². The smallest absolute Gasteiger partial charge is 0.119 e. The molecule has 0 amide bonds. The van der Waals surface area contributed by atoms with Gasteiger partial charge in [-0.05, 0) is 50.4 Å². The van der Waals surface area contributed by atoms with E-state index in [4.69, 9.17) is 10.00 Å². The lowest BCUT2D eigenvalue weighted by atomic mass is 10.1. The molecule has 1 unspecified atom stereocenters. The lowest BCUT2D eigenvalue weighted by molar-refractivity contribution is 0.312. The van der Waals surface area contributed by atoms with E-state index in [1.54, 1.807) is 0 Å². The molecule has 0 saturated heterocycles. The minimum atomic E-state index is 0.502. The first-order chi connectivity index (χ1) is 9.26. The minimum Gasteiger partial charge on any atom is -0.494 e. The highest BCUT2D eigenvalue weighted by Gasteiger charge is 2.02. The Hall–Kier alpha value is -1.53. The number of hydrogen-bond acceptors (Lipinski definition) is 3. The third-order valence-electron chi connectivity index (χ3n) is 2.91. The highest BCUT2D eigenvalue weighted by Crippen LogP contribution is 2.14. The summed E-state index contributed by atoms with van der Waals surface area (Å²) >= 11 is 0. The van der Waals surface area contributed by atoms with Crippen LogP contribution in [-0.4, -0.2) is 19.2 Å². The molecule has 0 aromatic heterocycles. The monoisotopic (exact) mass is 260 g/mol. The molecule has 0 spiro atoms. The van der Waals surface area contributed by atoms with Gasteiger partial charge in [0, 0.05) is 12.5 Å². The zero-order valence-electron chi connectivity index (χ0n) is 12.0. The number of ether oxygens (including phenoxy) is 1. The van der Waals surface area contributed by atoms with Crippen molar-refractivity contribution in [2.45, 2.75) is 45.6 Å². The summed E-state index contributed by atoms with van der Waals surface area (Å²) in [5.74, 6) is 0.885. The molecule has 0 aliphatic heterocycles. The van der Waals surface area contributed by atoms with Gasteiger partial charge in [0.2, 0.25) is 0 Å². The van der Waals surface area contributed by atoms with E-state index >= 15 is 0 Å². The SMILES string of the molecule is CCCNC(C)Cc1ccc(OCCCC#N)cc1. The Morgan fingerprint density at radius 2 is 2.05 bits per heavy atom. The Kier molecular flexibility index (Phi) is 7.69. The van der Waals surface area contributed by atoms with Crippen LogP contribution >= 0.6 is 0 Å². The van der Waals surface area contributed by atoms with Gasteiger partial charge in [-0.1, -0.05) is 19.1 Å². The van der Waals surface area contributed by atoms with Gasteiger partial charge < -0.3 is 10.1 Å². The molecule has 0 bridgehead atoms. The van der Waals surface area contributed by atoms with Crippen molar-refractivity contribution < 1.29 is 4.74 Å². The van der Waals surface area contributed by atoms with E-state index in [0.717, 1.165) is 25.1 Å². The third-order valence-corrected chi connectivity index (χ3v) is 2.91. The van der Waals surface area contributed by atoms with E-state index in [0.29, 0.717) is 19.1 Å². The van der Waals surface area contributed by atoms with Crippen molar-refractivity contribution in [3.05, 3.63) is 29.8 Å². The van der Waals surface area contributed by atoms with Gasteiger partial charge in [0.25, 0.3) is 0 Å². The number of rotatable bonds is 9. The zero-order chi connectivity index (χ0) is 13.9. The third kappa shape index (κ3) is 6.83. The van der Waals surface area contributed by atoms with Crippen LogP contribution in [0.3, 0.4) is 0 Å². The second-order valence-corrected chi connectivity index (χ2v) is 4.81. The molecular formula is C16H24N2O. The quantitative estimate of drug-likeness (QED) is 0.693. The second kappa shape index (κ2) is 9.41. The topological polar surface area (TPSA) is 45.0 Å². The fourth-order valence-electron chi connectivity index (χ4n) is 1.88. The van der Waals surface area contributed by atoms with Crippen molar-refractivity contribution in [2.24, 2.45) is 0 Å². The van der Waals surface area contributed by atoms with Crippen LogP contribution in [0.25, 0.3) is 0 Å². The average Bonchev–Trinajstić information content (AvgIpc) is 2.43. The van der Waals surface area contributed by atoms with Crippen molar-refractivity contribution in [3.8, 4) is 11.8 Å². The van der Waals surface area contributed by atoms with Gasteiger partial charge in [-0.3, -0.25) is 0 Å². The van der Waals surface area contributed by atoms with Gasteiger partial charge in [0.15, 0.2) is 0 Å². The zero-order valence-corrected chi connectivity index (χ0v) is 12.0. The second-order valence-electron chi connectivity index (χ2n) is 4.81. The Bertz CT molecular complexity index is 381. The fourth-order valence-corrected chi connectivity index (χ4v) is 1.88. The predicted octanol–water partition coefficient (Wildman–Crippen LogP) is 3.30. The van der Waals surface area contributed by atoms with Crippen molar-refractivity contribution in [2.75, 3.05) is 13.2 Å². The first-order valence-corrected chi connectivity index (χ1v) is 7.08. The van der Waals surface area contributed by atoms with Crippen LogP contribution < -0.4 is 10.1 Å². The number of nitriles is 1. The van der Waals surface area contributed by atoms with E-state index in [-0.39, 0.29) is 0 Å². The van der Waals surface area contributed by atoms with Crippen LogP contribution in [0.1, 0.15) is 38.7 Å². The molecule has 0 fully saturated rings. The molecule has 0 saturated carbocycles.